The van der Waals surface area contributed by atoms with E-state index in [4.69, 9.17) is 21.1 Å². The lowest BCUT2D eigenvalue weighted by Gasteiger charge is -2.13. The van der Waals surface area contributed by atoms with Crippen molar-refractivity contribution in [2.45, 2.75) is 27.4 Å². The van der Waals surface area contributed by atoms with Crippen molar-refractivity contribution < 1.29 is 19.1 Å². The molecule has 0 unspecified atom stereocenters. The molecule has 34 heavy (non-hydrogen) atoms. The van der Waals surface area contributed by atoms with Gasteiger partial charge in [0.05, 0.1) is 12.8 Å². The average Bonchev–Trinajstić information content (AvgIpc) is 2.83. The smallest absolute Gasteiger partial charge is 0.329 e. The lowest BCUT2D eigenvalue weighted by Crippen LogP contribution is -2.33. The van der Waals surface area contributed by atoms with Crippen molar-refractivity contribution in [2.75, 3.05) is 12.4 Å². The number of anilines is 1. The molecular formula is C26H26ClN3O4. The highest BCUT2D eigenvalue weighted by atomic mass is 35.5. The highest BCUT2D eigenvalue weighted by molar-refractivity contribution is 6.39. The summed E-state index contributed by atoms with van der Waals surface area (Å²) in [6.45, 7) is 5.72. The molecule has 3 aromatic carbocycles. The summed E-state index contributed by atoms with van der Waals surface area (Å²) in [5, 5.41) is 7.31. The van der Waals surface area contributed by atoms with E-state index in [1.54, 1.807) is 31.2 Å². The van der Waals surface area contributed by atoms with E-state index in [1.165, 1.54) is 7.11 Å². The second-order valence-electron chi connectivity index (χ2n) is 7.60. The van der Waals surface area contributed by atoms with Crippen LogP contribution in [0.4, 0.5) is 5.69 Å². The zero-order chi connectivity index (χ0) is 24.7. The lowest BCUT2D eigenvalue weighted by atomic mass is 10.1. The van der Waals surface area contributed by atoms with Crippen LogP contribution in [0.5, 0.6) is 11.5 Å². The van der Waals surface area contributed by atoms with Gasteiger partial charge in [-0.15, -0.1) is 0 Å². The van der Waals surface area contributed by atoms with Crippen molar-refractivity contribution in [1.82, 2.24) is 5.43 Å². The molecule has 0 saturated heterocycles. The maximum absolute atomic E-state index is 12.3. The third kappa shape index (κ3) is 6.14. The molecule has 0 fully saturated rings. The van der Waals surface area contributed by atoms with E-state index in [1.807, 2.05) is 50.2 Å². The van der Waals surface area contributed by atoms with Crippen LogP contribution in [0.3, 0.4) is 0 Å². The second-order valence-corrected chi connectivity index (χ2v) is 8.01. The molecule has 0 saturated carbocycles. The van der Waals surface area contributed by atoms with Gasteiger partial charge in [0.25, 0.3) is 0 Å². The molecular weight excluding hydrogens is 454 g/mol. The van der Waals surface area contributed by atoms with Gasteiger partial charge in [-0.1, -0.05) is 48.0 Å². The maximum atomic E-state index is 12.3. The van der Waals surface area contributed by atoms with Crippen molar-refractivity contribution in [3.05, 3.63) is 87.9 Å². The predicted octanol–water partition coefficient (Wildman–Crippen LogP) is 5.02. The van der Waals surface area contributed by atoms with Crippen molar-refractivity contribution in [1.29, 1.82) is 0 Å². The number of methoxy groups -OCH3 is 1. The minimum atomic E-state index is -0.867. The van der Waals surface area contributed by atoms with Crippen LogP contribution >= 0.6 is 11.6 Å². The Bertz CT molecular complexity index is 1220. The Morgan fingerprint density at radius 3 is 2.32 bits per heavy atom. The Balaban J connectivity index is 1.65. The standard InChI is InChI=1S/C26H26ClN3O4/c1-16-8-7-9-17(2)24(16)28-25(31)26(32)30-29-18(3)19-12-13-22(23(14-19)33-4)34-15-20-10-5-6-11-21(20)27/h5-14H,15H2,1-4H3,(H,28,31)(H,30,32)/b29-18+. The molecule has 0 aromatic heterocycles. The maximum Gasteiger partial charge on any atom is 0.329 e. The highest BCUT2D eigenvalue weighted by Gasteiger charge is 2.16. The van der Waals surface area contributed by atoms with Crippen LogP contribution in [0.1, 0.15) is 29.2 Å². The molecule has 176 valence electrons. The third-order valence-electron chi connectivity index (χ3n) is 5.17. The zero-order valence-corrected chi connectivity index (χ0v) is 20.2. The fraction of sp³-hybridized carbons (Fsp3) is 0.192. The number of amides is 2. The Labute approximate surface area is 203 Å². The molecule has 0 radical (unpaired) electrons. The van der Waals surface area contributed by atoms with E-state index in [0.29, 0.717) is 33.5 Å². The summed E-state index contributed by atoms with van der Waals surface area (Å²) in [5.74, 6) is -0.627. The summed E-state index contributed by atoms with van der Waals surface area (Å²) in [4.78, 5) is 24.5. The molecule has 0 aliphatic rings. The summed E-state index contributed by atoms with van der Waals surface area (Å²) < 4.78 is 11.3. The number of ether oxygens (including phenoxy) is 2. The van der Waals surface area contributed by atoms with E-state index in [9.17, 15) is 9.59 Å². The van der Waals surface area contributed by atoms with Gasteiger partial charge in [0.2, 0.25) is 0 Å². The summed E-state index contributed by atoms with van der Waals surface area (Å²) in [7, 11) is 1.54. The van der Waals surface area contributed by atoms with Gasteiger partial charge in [-0.2, -0.15) is 5.10 Å². The van der Waals surface area contributed by atoms with Crippen molar-refractivity contribution in [2.24, 2.45) is 5.10 Å². The number of carbonyl (C=O) groups excluding carboxylic acids is 2. The first-order valence-corrected chi connectivity index (χ1v) is 10.9. The quantitative estimate of drug-likeness (QED) is 0.283. The molecule has 0 aliphatic carbocycles. The normalized spacial score (nSPS) is 11.0. The largest absolute Gasteiger partial charge is 0.493 e. The molecule has 2 N–H and O–H groups in total. The molecule has 8 heteroatoms. The highest BCUT2D eigenvalue weighted by Crippen LogP contribution is 2.30. The number of benzene rings is 3. The molecule has 0 heterocycles. The van der Waals surface area contributed by atoms with Crippen LogP contribution in [0.15, 0.2) is 65.8 Å². The number of nitrogens with one attached hydrogen (secondary N) is 2. The van der Waals surface area contributed by atoms with Crippen LogP contribution in [-0.4, -0.2) is 24.6 Å². The van der Waals surface area contributed by atoms with Crippen molar-refractivity contribution >= 4 is 34.8 Å². The molecule has 2 amide bonds. The number of nitrogens with zero attached hydrogens (tertiary/aromatic N) is 1. The summed E-state index contributed by atoms with van der Waals surface area (Å²) in [6.07, 6.45) is 0. The number of rotatable bonds is 7. The van der Waals surface area contributed by atoms with Crippen LogP contribution < -0.4 is 20.2 Å². The van der Waals surface area contributed by atoms with Crippen molar-refractivity contribution in [3.8, 4) is 11.5 Å². The van der Waals surface area contributed by atoms with Gasteiger partial charge in [0.15, 0.2) is 11.5 Å². The molecule has 0 bridgehead atoms. The van der Waals surface area contributed by atoms with Gasteiger partial charge in [0.1, 0.15) is 6.61 Å². The van der Waals surface area contributed by atoms with E-state index < -0.39 is 11.8 Å². The Morgan fingerprint density at radius 1 is 0.941 bits per heavy atom. The molecule has 0 atom stereocenters. The second kappa shape index (κ2) is 11.3. The van der Waals surface area contributed by atoms with E-state index in [0.717, 1.165) is 16.7 Å². The number of halogens is 1. The minimum Gasteiger partial charge on any atom is -0.493 e. The summed E-state index contributed by atoms with van der Waals surface area (Å²) in [6, 6.07) is 18.3. The predicted molar refractivity (Wildman–Crippen MR) is 134 cm³/mol. The molecule has 0 spiro atoms. The van der Waals surface area contributed by atoms with Gasteiger partial charge in [0, 0.05) is 21.8 Å². The minimum absolute atomic E-state index is 0.286. The van der Waals surface area contributed by atoms with Gasteiger partial charge < -0.3 is 14.8 Å². The lowest BCUT2D eigenvalue weighted by molar-refractivity contribution is -0.136. The Morgan fingerprint density at radius 2 is 1.65 bits per heavy atom. The van der Waals surface area contributed by atoms with Gasteiger partial charge >= 0.3 is 11.8 Å². The zero-order valence-electron chi connectivity index (χ0n) is 19.4. The molecule has 3 rings (SSSR count). The van der Waals surface area contributed by atoms with Crippen LogP contribution in [0.25, 0.3) is 0 Å². The Hall–Kier alpha value is -3.84. The van der Waals surface area contributed by atoms with E-state index >= 15 is 0 Å². The first-order chi connectivity index (χ1) is 16.3. The van der Waals surface area contributed by atoms with Crippen LogP contribution in [0.2, 0.25) is 5.02 Å². The third-order valence-corrected chi connectivity index (χ3v) is 5.54. The molecule has 3 aromatic rings. The monoisotopic (exact) mass is 479 g/mol. The number of hydrogen-bond acceptors (Lipinski definition) is 5. The van der Waals surface area contributed by atoms with Gasteiger partial charge in [-0.25, -0.2) is 5.43 Å². The fourth-order valence-electron chi connectivity index (χ4n) is 3.21. The number of carbonyl (C=O) groups is 2. The first kappa shape index (κ1) is 24.8. The summed E-state index contributed by atoms with van der Waals surface area (Å²) in [5.41, 5.74) is 6.68. The molecule has 7 nitrogen and oxygen atoms in total. The van der Waals surface area contributed by atoms with E-state index in [2.05, 4.69) is 15.8 Å². The van der Waals surface area contributed by atoms with Gasteiger partial charge in [-0.3, -0.25) is 9.59 Å². The summed E-state index contributed by atoms with van der Waals surface area (Å²) >= 11 is 6.18. The number of hydrazone groups is 1. The van der Waals surface area contributed by atoms with Crippen LogP contribution in [0, 0.1) is 13.8 Å². The number of para-hydroxylation sites is 1. The fourth-order valence-corrected chi connectivity index (χ4v) is 3.40. The molecule has 0 aliphatic heterocycles. The SMILES string of the molecule is COc1cc(/C(C)=N/NC(=O)C(=O)Nc2c(C)cccc2C)ccc1OCc1ccccc1Cl. The number of aryl methyl sites for hydroxylation is 2. The van der Waals surface area contributed by atoms with Crippen LogP contribution in [-0.2, 0) is 16.2 Å². The van der Waals surface area contributed by atoms with E-state index in [-0.39, 0.29) is 6.61 Å². The number of hydrogen-bond donors (Lipinski definition) is 2. The first-order valence-electron chi connectivity index (χ1n) is 10.6. The van der Waals surface area contributed by atoms with Crippen molar-refractivity contribution in [3.63, 3.8) is 0 Å². The Kier molecular flexibility index (Phi) is 8.27. The topological polar surface area (TPSA) is 89.0 Å². The average molecular weight is 480 g/mol. The van der Waals surface area contributed by atoms with Gasteiger partial charge in [-0.05, 0) is 56.2 Å².